The number of hydrogen-bond donors (Lipinski definition) is 1. The number of thiophene rings is 1. The lowest BCUT2D eigenvalue weighted by Crippen LogP contribution is -2.11. The Bertz CT molecular complexity index is 527. The van der Waals surface area contributed by atoms with Gasteiger partial charge in [0, 0.05) is 15.1 Å². The van der Waals surface area contributed by atoms with Crippen LogP contribution < -0.4 is 5.32 Å². The van der Waals surface area contributed by atoms with E-state index in [2.05, 4.69) is 42.2 Å². The Hall–Kier alpha value is -0.720. The van der Waals surface area contributed by atoms with Crippen molar-refractivity contribution in [2.24, 2.45) is 0 Å². The van der Waals surface area contributed by atoms with Crippen LogP contribution in [-0.4, -0.2) is 10.9 Å². The highest BCUT2D eigenvalue weighted by molar-refractivity contribution is 9.10. The van der Waals surface area contributed by atoms with Crippen molar-refractivity contribution in [3.05, 3.63) is 43.6 Å². The first-order valence-corrected chi connectivity index (χ1v) is 6.79. The van der Waals surface area contributed by atoms with Crippen molar-refractivity contribution >= 4 is 54.9 Å². The van der Waals surface area contributed by atoms with Crippen molar-refractivity contribution in [2.45, 2.75) is 0 Å². The topological polar surface area (TPSA) is 42.0 Å². The van der Waals surface area contributed by atoms with Gasteiger partial charge in [0.2, 0.25) is 0 Å². The summed E-state index contributed by atoms with van der Waals surface area (Å²) >= 11 is 8.01. The van der Waals surface area contributed by atoms with E-state index in [1.165, 1.54) is 11.3 Å². The molecule has 0 saturated heterocycles. The molecule has 16 heavy (non-hydrogen) atoms. The van der Waals surface area contributed by atoms with E-state index in [1.54, 1.807) is 18.3 Å². The lowest BCUT2D eigenvalue weighted by molar-refractivity contribution is 0.102. The number of amides is 1. The lowest BCUT2D eigenvalue weighted by atomic mass is 10.4. The second-order valence-electron chi connectivity index (χ2n) is 2.91. The normalized spacial score (nSPS) is 10.1. The van der Waals surface area contributed by atoms with Crippen LogP contribution in [0.4, 0.5) is 5.82 Å². The van der Waals surface area contributed by atoms with Gasteiger partial charge in [-0.25, -0.2) is 4.98 Å². The predicted molar refractivity (Wildman–Crippen MR) is 71.9 cm³/mol. The fraction of sp³-hybridized carbons (Fsp3) is 0. The van der Waals surface area contributed by atoms with E-state index in [-0.39, 0.29) is 5.91 Å². The number of pyridine rings is 1. The molecule has 0 aromatic carbocycles. The zero-order valence-electron chi connectivity index (χ0n) is 7.91. The molecule has 2 aromatic rings. The lowest BCUT2D eigenvalue weighted by Gasteiger charge is -2.03. The van der Waals surface area contributed by atoms with Crippen molar-refractivity contribution in [2.75, 3.05) is 5.32 Å². The first-order valence-electron chi connectivity index (χ1n) is 4.33. The molecule has 0 unspecified atom stereocenters. The molecule has 0 atom stereocenters. The average Bonchev–Trinajstić information content (AvgIpc) is 2.64. The monoisotopic (exact) mass is 360 g/mol. The van der Waals surface area contributed by atoms with Crippen molar-refractivity contribution in [3.8, 4) is 0 Å². The van der Waals surface area contributed by atoms with Gasteiger partial charge in [-0.1, -0.05) is 15.9 Å². The van der Waals surface area contributed by atoms with Gasteiger partial charge in [0.15, 0.2) is 0 Å². The van der Waals surface area contributed by atoms with Crippen molar-refractivity contribution < 1.29 is 4.79 Å². The summed E-state index contributed by atoms with van der Waals surface area (Å²) in [6.45, 7) is 0. The highest BCUT2D eigenvalue weighted by Crippen LogP contribution is 2.23. The average molecular weight is 362 g/mol. The van der Waals surface area contributed by atoms with Crippen LogP contribution in [0.2, 0.25) is 0 Å². The van der Waals surface area contributed by atoms with Crippen LogP contribution in [0.15, 0.2) is 38.7 Å². The van der Waals surface area contributed by atoms with Crippen LogP contribution in [0, 0.1) is 0 Å². The molecule has 2 heterocycles. The quantitative estimate of drug-likeness (QED) is 0.880. The first-order chi connectivity index (χ1) is 7.66. The minimum absolute atomic E-state index is 0.160. The summed E-state index contributed by atoms with van der Waals surface area (Å²) in [5.74, 6) is 0.368. The van der Waals surface area contributed by atoms with Crippen LogP contribution in [-0.2, 0) is 0 Å². The Kier molecular flexibility index (Phi) is 3.73. The van der Waals surface area contributed by atoms with Gasteiger partial charge in [-0.05, 0) is 39.5 Å². The molecular weight excluding hydrogens is 356 g/mol. The summed E-state index contributed by atoms with van der Waals surface area (Å²) in [6, 6.07) is 5.39. The molecule has 6 heteroatoms. The highest BCUT2D eigenvalue weighted by Gasteiger charge is 2.11. The maximum absolute atomic E-state index is 11.8. The van der Waals surface area contributed by atoms with E-state index < -0.39 is 0 Å². The Balaban J connectivity index is 2.17. The number of nitrogens with one attached hydrogen (secondary N) is 1. The van der Waals surface area contributed by atoms with Gasteiger partial charge < -0.3 is 5.32 Å². The van der Waals surface area contributed by atoms with Gasteiger partial charge in [0.05, 0.1) is 0 Å². The van der Waals surface area contributed by atoms with Crippen LogP contribution in [0.3, 0.4) is 0 Å². The maximum Gasteiger partial charge on any atom is 0.268 e. The van der Waals surface area contributed by atoms with E-state index in [9.17, 15) is 4.79 Å². The van der Waals surface area contributed by atoms with Gasteiger partial charge in [0.25, 0.3) is 5.91 Å². The third-order valence-corrected chi connectivity index (χ3v) is 4.12. The molecule has 2 aromatic heterocycles. The molecule has 0 aliphatic rings. The van der Waals surface area contributed by atoms with Crippen molar-refractivity contribution in [3.63, 3.8) is 0 Å². The van der Waals surface area contributed by atoms with Crippen molar-refractivity contribution in [1.29, 1.82) is 0 Å². The number of carbonyl (C=O) groups excluding carboxylic acids is 1. The van der Waals surface area contributed by atoms with E-state index in [0.717, 1.165) is 8.95 Å². The van der Waals surface area contributed by atoms with E-state index in [4.69, 9.17) is 0 Å². The third-order valence-electron chi connectivity index (χ3n) is 1.79. The third kappa shape index (κ3) is 2.69. The van der Waals surface area contributed by atoms with Gasteiger partial charge in [-0.3, -0.25) is 4.79 Å². The molecule has 0 radical (unpaired) electrons. The number of anilines is 1. The van der Waals surface area contributed by atoms with Gasteiger partial charge in [0.1, 0.15) is 10.7 Å². The fourth-order valence-corrected chi connectivity index (χ4v) is 2.88. The van der Waals surface area contributed by atoms with Crippen molar-refractivity contribution in [1.82, 2.24) is 4.98 Å². The number of aromatic nitrogens is 1. The fourth-order valence-electron chi connectivity index (χ4n) is 1.10. The Morgan fingerprint density at radius 1 is 1.38 bits per heavy atom. The summed E-state index contributed by atoms with van der Waals surface area (Å²) < 4.78 is 1.67. The molecule has 1 amide bonds. The van der Waals surface area contributed by atoms with E-state index in [1.807, 2.05) is 11.4 Å². The number of hydrogen-bond acceptors (Lipinski definition) is 3. The second kappa shape index (κ2) is 5.07. The van der Waals surface area contributed by atoms with Crippen LogP contribution in [0.25, 0.3) is 0 Å². The van der Waals surface area contributed by atoms with E-state index in [0.29, 0.717) is 10.7 Å². The molecule has 0 spiro atoms. The summed E-state index contributed by atoms with van der Waals surface area (Å²) in [5.41, 5.74) is 0. The van der Waals surface area contributed by atoms with Gasteiger partial charge in [-0.15, -0.1) is 11.3 Å². The number of halogens is 2. The molecule has 0 aliphatic carbocycles. The Labute approximate surface area is 113 Å². The molecule has 0 saturated carbocycles. The molecular formula is C10H6Br2N2OS. The minimum atomic E-state index is -0.160. The van der Waals surface area contributed by atoms with Crippen LogP contribution >= 0.6 is 43.2 Å². The maximum atomic E-state index is 11.8. The van der Waals surface area contributed by atoms with E-state index >= 15 is 0 Å². The number of carbonyl (C=O) groups is 1. The molecule has 2 rings (SSSR count). The molecule has 3 nitrogen and oxygen atoms in total. The summed E-state index contributed by atoms with van der Waals surface area (Å²) in [6.07, 6.45) is 1.63. The number of nitrogens with zero attached hydrogens (tertiary/aromatic N) is 1. The zero-order valence-corrected chi connectivity index (χ0v) is 11.9. The summed E-state index contributed by atoms with van der Waals surface area (Å²) in [4.78, 5) is 16.5. The standard InChI is InChI=1S/C10H6Br2N2OS/c11-6-1-3-13-8(5-6)14-10(15)9-7(12)2-4-16-9/h1-5H,(H,13,14,15). The van der Waals surface area contributed by atoms with Gasteiger partial charge in [-0.2, -0.15) is 0 Å². The molecule has 1 N–H and O–H groups in total. The molecule has 0 aliphatic heterocycles. The largest absolute Gasteiger partial charge is 0.306 e. The SMILES string of the molecule is O=C(Nc1cc(Br)ccn1)c1sccc1Br. The Morgan fingerprint density at radius 3 is 2.81 bits per heavy atom. The van der Waals surface area contributed by atoms with Crippen LogP contribution in [0.5, 0.6) is 0 Å². The predicted octanol–water partition coefficient (Wildman–Crippen LogP) is 3.92. The molecule has 82 valence electrons. The molecule has 0 fully saturated rings. The Morgan fingerprint density at radius 2 is 2.19 bits per heavy atom. The van der Waals surface area contributed by atoms with Gasteiger partial charge >= 0.3 is 0 Å². The smallest absolute Gasteiger partial charge is 0.268 e. The highest BCUT2D eigenvalue weighted by atomic mass is 79.9. The first kappa shape index (κ1) is 11.8. The second-order valence-corrected chi connectivity index (χ2v) is 5.60. The zero-order chi connectivity index (χ0) is 11.5. The number of rotatable bonds is 2. The molecule has 0 bridgehead atoms. The summed E-state index contributed by atoms with van der Waals surface area (Å²) in [7, 11) is 0. The summed E-state index contributed by atoms with van der Waals surface area (Å²) in [5, 5.41) is 4.58. The minimum Gasteiger partial charge on any atom is -0.306 e. The van der Waals surface area contributed by atoms with Crippen LogP contribution in [0.1, 0.15) is 9.67 Å².